The maximum Gasteiger partial charge on any atom is 0.191 e. The number of nitrogens with one attached hydrogen (secondary N) is 2. The summed E-state index contributed by atoms with van der Waals surface area (Å²) >= 11 is 0. The Morgan fingerprint density at radius 2 is 2.12 bits per heavy atom. The number of aliphatic imine (C=N–C) groups is 1. The Balaban J connectivity index is 0.00000288. The zero-order chi connectivity index (χ0) is 16.9. The van der Waals surface area contributed by atoms with Gasteiger partial charge in [0.1, 0.15) is 11.6 Å². The molecule has 1 aromatic rings. The normalized spacial score (nSPS) is 19.6. The molecule has 1 saturated heterocycles. The maximum absolute atomic E-state index is 13.5. The molecule has 0 aromatic heterocycles. The summed E-state index contributed by atoms with van der Waals surface area (Å²) in [5.41, 5.74) is 0.271. The number of benzene rings is 1. The van der Waals surface area contributed by atoms with Crippen LogP contribution >= 0.6 is 24.0 Å². The van der Waals surface area contributed by atoms with Crippen molar-refractivity contribution in [2.45, 2.75) is 25.8 Å². The van der Waals surface area contributed by atoms with Gasteiger partial charge in [-0.05, 0) is 43.5 Å². The highest BCUT2D eigenvalue weighted by atomic mass is 127. The van der Waals surface area contributed by atoms with Crippen LogP contribution in [0.5, 0.6) is 0 Å². The Bertz CT molecular complexity index is 683. The fourth-order valence-corrected chi connectivity index (χ4v) is 4.12. The van der Waals surface area contributed by atoms with Gasteiger partial charge < -0.3 is 10.6 Å². The maximum atomic E-state index is 13.5. The van der Waals surface area contributed by atoms with Crippen LogP contribution in [0.3, 0.4) is 0 Å². The topological polar surface area (TPSA) is 70.6 Å². The third kappa shape index (κ3) is 6.50. The summed E-state index contributed by atoms with van der Waals surface area (Å²) in [7, 11) is -2.97. The summed E-state index contributed by atoms with van der Waals surface area (Å²) in [5, 5.41) is 6.10. The molecule has 5 nitrogen and oxygen atoms in total. The second-order valence-electron chi connectivity index (χ2n) is 5.49. The lowest BCUT2D eigenvalue weighted by atomic mass is 10.1. The van der Waals surface area contributed by atoms with Gasteiger partial charge in [-0.3, -0.25) is 4.99 Å². The molecule has 0 amide bonds. The van der Waals surface area contributed by atoms with Crippen molar-refractivity contribution in [2.75, 3.05) is 24.6 Å². The molecule has 0 radical (unpaired) electrons. The lowest BCUT2D eigenvalue weighted by Gasteiger charge is -2.15. The summed E-state index contributed by atoms with van der Waals surface area (Å²) in [6, 6.07) is 3.17. The highest BCUT2D eigenvalue weighted by molar-refractivity contribution is 14.0. The average Bonchev–Trinajstić information content (AvgIpc) is 2.82. The lowest BCUT2D eigenvalue weighted by molar-refractivity contribution is 0.584. The first-order valence-electron chi connectivity index (χ1n) is 7.59. The molecule has 0 spiro atoms. The highest BCUT2D eigenvalue weighted by Crippen LogP contribution is 2.12. The van der Waals surface area contributed by atoms with Crippen molar-refractivity contribution in [2.24, 2.45) is 4.99 Å². The largest absolute Gasteiger partial charge is 0.357 e. The first-order chi connectivity index (χ1) is 10.9. The van der Waals surface area contributed by atoms with Crippen molar-refractivity contribution < 1.29 is 17.2 Å². The van der Waals surface area contributed by atoms with E-state index in [1.165, 1.54) is 0 Å². The van der Waals surface area contributed by atoms with E-state index in [1.54, 1.807) is 0 Å². The van der Waals surface area contributed by atoms with E-state index >= 15 is 0 Å². The zero-order valence-corrected chi connectivity index (χ0v) is 16.5. The summed E-state index contributed by atoms with van der Waals surface area (Å²) < 4.78 is 49.6. The molecule has 2 rings (SSSR count). The number of hydrogen-bond acceptors (Lipinski definition) is 3. The minimum Gasteiger partial charge on any atom is -0.357 e. The van der Waals surface area contributed by atoms with Gasteiger partial charge in [0.15, 0.2) is 15.8 Å². The van der Waals surface area contributed by atoms with E-state index in [2.05, 4.69) is 15.6 Å². The van der Waals surface area contributed by atoms with Gasteiger partial charge >= 0.3 is 0 Å². The fourth-order valence-electron chi connectivity index (χ4n) is 2.45. The molecule has 1 unspecified atom stereocenters. The zero-order valence-electron chi connectivity index (χ0n) is 13.4. The van der Waals surface area contributed by atoms with Crippen LogP contribution in [0.1, 0.15) is 18.9 Å². The van der Waals surface area contributed by atoms with E-state index in [0.29, 0.717) is 18.9 Å². The molecule has 1 fully saturated rings. The van der Waals surface area contributed by atoms with Crippen molar-refractivity contribution in [1.29, 1.82) is 0 Å². The summed E-state index contributed by atoms with van der Waals surface area (Å²) in [5.74, 6) is -0.173. The molecule has 0 saturated carbocycles. The summed E-state index contributed by atoms with van der Waals surface area (Å²) in [6.45, 7) is 2.80. The van der Waals surface area contributed by atoms with Crippen LogP contribution in [0.4, 0.5) is 8.78 Å². The van der Waals surface area contributed by atoms with Gasteiger partial charge in [0, 0.05) is 19.1 Å². The molecule has 1 aliphatic heterocycles. The molecule has 2 N–H and O–H groups in total. The van der Waals surface area contributed by atoms with E-state index in [-0.39, 0.29) is 60.1 Å². The standard InChI is InChI=1S/C15H21F2N3O2S.HI/c1-2-18-15(20-13-6-8-23(21,22)10-13)19-7-5-11-9-12(16)3-4-14(11)17;/h3-4,9,13H,2,5-8,10H2,1H3,(H2,18,19,20);1H. The fraction of sp³-hybridized carbons (Fsp3) is 0.533. The first kappa shape index (κ1) is 21.1. The van der Waals surface area contributed by atoms with Crippen LogP contribution in [0.15, 0.2) is 23.2 Å². The van der Waals surface area contributed by atoms with Gasteiger partial charge in [-0.25, -0.2) is 17.2 Å². The van der Waals surface area contributed by atoms with E-state index < -0.39 is 21.5 Å². The van der Waals surface area contributed by atoms with Gasteiger partial charge in [0.2, 0.25) is 0 Å². The Hall–Kier alpha value is -0.970. The van der Waals surface area contributed by atoms with Crippen molar-refractivity contribution in [1.82, 2.24) is 10.6 Å². The van der Waals surface area contributed by atoms with Crippen molar-refractivity contribution in [3.63, 3.8) is 0 Å². The minimum atomic E-state index is -2.97. The predicted octanol–water partition coefficient (Wildman–Crippen LogP) is 1.87. The quantitative estimate of drug-likeness (QED) is 0.389. The monoisotopic (exact) mass is 473 g/mol. The van der Waals surface area contributed by atoms with Crippen LogP contribution in [0.25, 0.3) is 0 Å². The van der Waals surface area contributed by atoms with Gasteiger partial charge in [0.05, 0.1) is 11.5 Å². The second-order valence-corrected chi connectivity index (χ2v) is 7.72. The van der Waals surface area contributed by atoms with Crippen molar-refractivity contribution in [3.8, 4) is 0 Å². The molecule has 1 heterocycles. The molecule has 1 atom stereocenters. The van der Waals surface area contributed by atoms with E-state index in [9.17, 15) is 17.2 Å². The van der Waals surface area contributed by atoms with Gasteiger partial charge in [-0.1, -0.05) is 0 Å². The van der Waals surface area contributed by atoms with Gasteiger partial charge in [-0.15, -0.1) is 24.0 Å². The number of hydrogen-bond donors (Lipinski definition) is 2. The number of halogens is 3. The van der Waals surface area contributed by atoms with E-state index in [0.717, 1.165) is 18.2 Å². The summed E-state index contributed by atoms with van der Waals surface area (Å²) in [4.78, 5) is 4.30. The molecule has 24 heavy (non-hydrogen) atoms. The molecule has 0 aliphatic carbocycles. The Morgan fingerprint density at radius 1 is 1.38 bits per heavy atom. The van der Waals surface area contributed by atoms with Gasteiger partial charge in [-0.2, -0.15) is 0 Å². The molecule has 136 valence electrons. The molecular formula is C15H22F2IN3O2S. The first-order valence-corrected chi connectivity index (χ1v) is 9.41. The number of guanidine groups is 1. The average molecular weight is 473 g/mol. The Kier molecular flexibility index (Phi) is 8.34. The number of rotatable bonds is 5. The van der Waals surface area contributed by atoms with Crippen LogP contribution in [0.2, 0.25) is 0 Å². The van der Waals surface area contributed by atoms with E-state index in [4.69, 9.17) is 0 Å². The number of nitrogens with zero attached hydrogens (tertiary/aromatic N) is 1. The molecule has 9 heteroatoms. The smallest absolute Gasteiger partial charge is 0.191 e. The van der Waals surface area contributed by atoms with Gasteiger partial charge in [0.25, 0.3) is 0 Å². The Labute approximate surface area is 158 Å². The highest BCUT2D eigenvalue weighted by Gasteiger charge is 2.28. The molecule has 1 aromatic carbocycles. The SMILES string of the molecule is CCNC(=NCCc1cc(F)ccc1F)NC1CCS(=O)(=O)C1.I. The Morgan fingerprint density at radius 3 is 2.75 bits per heavy atom. The number of sulfone groups is 1. The third-order valence-electron chi connectivity index (χ3n) is 3.58. The van der Waals surface area contributed by atoms with Crippen molar-refractivity contribution in [3.05, 3.63) is 35.4 Å². The molecule has 1 aliphatic rings. The summed E-state index contributed by atoms with van der Waals surface area (Å²) in [6.07, 6.45) is 0.814. The van der Waals surface area contributed by atoms with Crippen LogP contribution in [-0.2, 0) is 16.3 Å². The second kappa shape index (κ2) is 9.50. The van der Waals surface area contributed by atoms with Crippen LogP contribution in [-0.4, -0.2) is 45.0 Å². The van der Waals surface area contributed by atoms with Crippen molar-refractivity contribution >= 4 is 39.8 Å². The van der Waals surface area contributed by atoms with Crippen LogP contribution < -0.4 is 10.6 Å². The third-order valence-corrected chi connectivity index (χ3v) is 5.34. The molecule has 0 bridgehead atoms. The lowest BCUT2D eigenvalue weighted by Crippen LogP contribution is -2.44. The minimum absolute atomic E-state index is 0. The van der Waals surface area contributed by atoms with Crippen LogP contribution in [0, 0.1) is 11.6 Å². The predicted molar refractivity (Wildman–Crippen MR) is 102 cm³/mol. The van der Waals surface area contributed by atoms with E-state index in [1.807, 2.05) is 6.92 Å². The molecular weight excluding hydrogens is 451 g/mol.